The average Bonchev–Trinajstić information content (AvgIpc) is 3.18. The van der Waals surface area contributed by atoms with Crippen LogP contribution in [0.1, 0.15) is 42.5 Å². The van der Waals surface area contributed by atoms with Gasteiger partial charge in [-0.3, -0.25) is 14.2 Å². The Balaban J connectivity index is 1.29. The molecule has 0 unspecified atom stereocenters. The first-order chi connectivity index (χ1) is 13.7. The summed E-state index contributed by atoms with van der Waals surface area (Å²) in [5.41, 5.74) is 0.553. The van der Waals surface area contributed by atoms with Crippen LogP contribution in [-0.4, -0.2) is 55.6 Å². The third kappa shape index (κ3) is 3.27. The molecule has 146 valence electrons. The second-order valence-corrected chi connectivity index (χ2v) is 8.22. The van der Waals surface area contributed by atoms with E-state index in [0.717, 1.165) is 25.8 Å². The van der Waals surface area contributed by atoms with Crippen molar-refractivity contribution in [3.63, 3.8) is 0 Å². The van der Waals surface area contributed by atoms with Gasteiger partial charge >= 0.3 is 0 Å². The van der Waals surface area contributed by atoms with E-state index in [9.17, 15) is 9.59 Å². The van der Waals surface area contributed by atoms with Crippen LogP contribution in [0, 0.1) is 17.8 Å². The van der Waals surface area contributed by atoms with Gasteiger partial charge in [0.1, 0.15) is 18.5 Å². The molecule has 3 aliphatic rings. The lowest BCUT2D eigenvalue weighted by Crippen LogP contribution is -2.42. The quantitative estimate of drug-likeness (QED) is 0.847. The summed E-state index contributed by atoms with van der Waals surface area (Å²) in [5.74, 6) is 1.98. The number of carbonyl (C=O) groups excluding carboxylic acids is 2. The van der Waals surface area contributed by atoms with Crippen molar-refractivity contribution >= 4 is 11.8 Å². The fraction of sp³-hybridized carbons (Fsp3) is 0.550. The third-order valence-electron chi connectivity index (χ3n) is 6.37. The van der Waals surface area contributed by atoms with E-state index in [1.807, 2.05) is 4.90 Å². The molecule has 1 aliphatic heterocycles. The van der Waals surface area contributed by atoms with Crippen LogP contribution >= 0.6 is 0 Å². The lowest BCUT2D eigenvalue weighted by atomic mass is 9.84. The molecular formula is C20H24N6O2. The molecule has 2 aromatic heterocycles. The van der Waals surface area contributed by atoms with Crippen molar-refractivity contribution in [3.05, 3.63) is 36.5 Å². The van der Waals surface area contributed by atoms with Crippen LogP contribution in [0.5, 0.6) is 0 Å². The fourth-order valence-electron chi connectivity index (χ4n) is 4.35. The van der Waals surface area contributed by atoms with Gasteiger partial charge in [-0.25, -0.2) is 4.98 Å². The lowest BCUT2D eigenvalue weighted by Gasteiger charge is -2.29. The third-order valence-corrected chi connectivity index (χ3v) is 6.37. The van der Waals surface area contributed by atoms with Crippen molar-refractivity contribution in [2.45, 2.75) is 38.1 Å². The summed E-state index contributed by atoms with van der Waals surface area (Å²) in [6.07, 6.45) is 10.3. The Labute approximate surface area is 163 Å². The number of carbonyl (C=O) groups is 2. The van der Waals surface area contributed by atoms with Crippen LogP contribution in [0.15, 0.2) is 31.0 Å². The first-order valence-electron chi connectivity index (χ1n) is 10.1. The van der Waals surface area contributed by atoms with E-state index in [0.29, 0.717) is 29.8 Å². The number of likely N-dealkylation sites (tertiary alicyclic amines) is 1. The van der Waals surface area contributed by atoms with Gasteiger partial charge in [0, 0.05) is 36.7 Å². The van der Waals surface area contributed by atoms with Crippen LogP contribution < -0.4 is 5.32 Å². The largest absolute Gasteiger partial charge is 0.347 e. The van der Waals surface area contributed by atoms with E-state index in [4.69, 9.17) is 0 Å². The highest BCUT2D eigenvalue weighted by Gasteiger charge is 2.45. The van der Waals surface area contributed by atoms with Gasteiger partial charge in [0.15, 0.2) is 0 Å². The Morgan fingerprint density at radius 1 is 1.07 bits per heavy atom. The minimum absolute atomic E-state index is 0.0237. The highest BCUT2D eigenvalue weighted by molar-refractivity contribution is 5.94. The number of hydrogen-bond donors (Lipinski definition) is 1. The Bertz CT molecular complexity index is 875. The summed E-state index contributed by atoms with van der Waals surface area (Å²) >= 11 is 0. The second-order valence-electron chi connectivity index (χ2n) is 8.22. The zero-order chi connectivity index (χ0) is 19.1. The molecule has 0 bridgehead atoms. The maximum Gasteiger partial charge on any atom is 0.251 e. The number of amides is 2. The molecular weight excluding hydrogens is 356 g/mol. The first kappa shape index (κ1) is 17.3. The topological polar surface area (TPSA) is 93.0 Å². The number of pyridine rings is 1. The van der Waals surface area contributed by atoms with Crippen molar-refractivity contribution in [3.8, 4) is 5.82 Å². The smallest absolute Gasteiger partial charge is 0.251 e. The highest BCUT2D eigenvalue weighted by atomic mass is 16.2. The van der Waals surface area contributed by atoms with Crippen molar-refractivity contribution < 1.29 is 9.59 Å². The van der Waals surface area contributed by atoms with Gasteiger partial charge in [-0.05, 0) is 43.7 Å². The van der Waals surface area contributed by atoms with Gasteiger partial charge in [-0.2, -0.15) is 0 Å². The molecule has 8 nitrogen and oxygen atoms in total. The SMILES string of the molecule is O=C(N[C@@H]1CN(C(=O)C2CCC2)C[C@H]1C1CC1)c1ccnc(-n2cnnc2)c1. The summed E-state index contributed by atoms with van der Waals surface area (Å²) in [5, 5.41) is 10.8. The summed E-state index contributed by atoms with van der Waals surface area (Å²) < 4.78 is 1.67. The summed E-state index contributed by atoms with van der Waals surface area (Å²) in [7, 11) is 0. The van der Waals surface area contributed by atoms with Crippen molar-refractivity contribution in [2.75, 3.05) is 13.1 Å². The Morgan fingerprint density at radius 2 is 1.86 bits per heavy atom. The Hall–Kier alpha value is -2.77. The van der Waals surface area contributed by atoms with E-state index < -0.39 is 0 Å². The first-order valence-corrected chi connectivity index (χ1v) is 10.1. The number of nitrogens with zero attached hydrogens (tertiary/aromatic N) is 5. The van der Waals surface area contributed by atoms with Gasteiger partial charge in [0.05, 0.1) is 6.04 Å². The van der Waals surface area contributed by atoms with E-state index >= 15 is 0 Å². The van der Waals surface area contributed by atoms with Crippen LogP contribution in [-0.2, 0) is 4.79 Å². The van der Waals surface area contributed by atoms with Crippen molar-refractivity contribution in [1.29, 1.82) is 0 Å². The fourth-order valence-corrected chi connectivity index (χ4v) is 4.35. The zero-order valence-corrected chi connectivity index (χ0v) is 15.7. The van der Waals surface area contributed by atoms with E-state index in [1.165, 1.54) is 12.8 Å². The Kier molecular flexibility index (Phi) is 4.33. The number of nitrogens with one attached hydrogen (secondary N) is 1. The maximum atomic E-state index is 12.9. The molecule has 2 atom stereocenters. The molecule has 28 heavy (non-hydrogen) atoms. The molecule has 1 N–H and O–H groups in total. The predicted octanol–water partition coefficient (Wildman–Crippen LogP) is 1.43. The molecule has 2 saturated carbocycles. The minimum Gasteiger partial charge on any atom is -0.347 e. The number of hydrogen-bond acceptors (Lipinski definition) is 5. The van der Waals surface area contributed by atoms with E-state index in [-0.39, 0.29) is 23.8 Å². The van der Waals surface area contributed by atoms with Gasteiger partial charge in [-0.1, -0.05) is 6.42 Å². The monoisotopic (exact) mass is 380 g/mol. The molecule has 2 amide bonds. The zero-order valence-electron chi connectivity index (χ0n) is 15.7. The van der Waals surface area contributed by atoms with Crippen molar-refractivity contribution in [1.82, 2.24) is 30.0 Å². The van der Waals surface area contributed by atoms with Crippen LogP contribution in [0.3, 0.4) is 0 Å². The highest BCUT2D eigenvalue weighted by Crippen LogP contribution is 2.42. The summed E-state index contributed by atoms with van der Waals surface area (Å²) in [6, 6.07) is 3.47. The number of aromatic nitrogens is 4. The molecule has 2 aliphatic carbocycles. The van der Waals surface area contributed by atoms with Crippen LogP contribution in [0.25, 0.3) is 5.82 Å². The summed E-state index contributed by atoms with van der Waals surface area (Å²) in [6.45, 7) is 1.42. The normalized spacial score (nSPS) is 24.8. The van der Waals surface area contributed by atoms with E-state index in [2.05, 4.69) is 20.5 Å². The van der Waals surface area contributed by atoms with Gasteiger partial charge in [0.2, 0.25) is 5.91 Å². The molecule has 5 rings (SSSR count). The minimum atomic E-state index is -0.120. The maximum absolute atomic E-state index is 12.9. The molecule has 3 fully saturated rings. The molecule has 3 heterocycles. The second kappa shape index (κ2) is 7.00. The molecule has 2 aromatic rings. The predicted molar refractivity (Wildman–Crippen MR) is 101 cm³/mol. The van der Waals surface area contributed by atoms with Crippen molar-refractivity contribution in [2.24, 2.45) is 17.8 Å². The van der Waals surface area contributed by atoms with Gasteiger partial charge in [0.25, 0.3) is 5.91 Å². The number of rotatable bonds is 5. The lowest BCUT2D eigenvalue weighted by molar-refractivity contribution is -0.137. The van der Waals surface area contributed by atoms with Gasteiger partial charge in [-0.15, -0.1) is 10.2 Å². The molecule has 0 aromatic carbocycles. The molecule has 8 heteroatoms. The van der Waals surface area contributed by atoms with Crippen LogP contribution in [0.2, 0.25) is 0 Å². The molecule has 1 saturated heterocycles. The molecule has 0 spiro atoms. The van der Waals surface area contributed by atoms with E-state index in [1.54, 1.807) is 35.6 Å². The standard InChI is InChI=1S/C20H24N6O2/c27-19(15-6-7-21-18(8-15)26-11-22-23-12-26)24-17-10-25(9-16(17)13-4-5-13)20(28)14-2-1-3-14/h6-8,11-14,16-17H,1-5,9-10H2,(H,24,27)/t16-,17+/m0/s1. The molecule has 0 radical (unpaired) electrons. The summed E-state index contributed by atoms with van der Waals surface area (Å²) in [4.78, 5) is 31.9. The Morgan fingerprint density at radius 3 is 2.54 bits per heavy atom. The van der Waals surface area contributed by atoms with Crippen LogP contribution in [0.4, 0.5) is 0 Å². The average molecular weight is 380 g/mol. The van der Waals surface area contributed by atoms with Gasteiger partial charge < -0.3 is 10.2 Å².